The molecule has 0 atom stereocenters. The van der Waals surface area contributed by atoms with Crippen LogP contribution in [0.3, 0.4) is 0 Å². The standard InChI is InChI=1S/C11H10NO2S/c13-15(14,12-8-4-5-9-12)10-11-6-2-1-3-7-11/h1-8H,10H2. The van der Waals surface area contributed by atoms with Crippen LogP contribution < -0.4 is 0 Å². The van der Waals surface area contributed by atoms with Gasteiger partial charge in [-0.2, -0.15) is 0 Å². The number of hydrogen-bond acceptors (Lipinski definition) is 2. The van der Waals surface area contributed by atoms with E-state index < -0.39 is 10.0 Å². The van der Waals surface area contributed by atoms with E-state index in [9.17, 15) is 8.42 Å². The maximum Gasteiger partial charge on any atom is 0.243 e. The van der Waals surface area contributed by atoms with Gasteiger partial charge < -0.3 is 0 Å². The molecule has 0 amide bonds. The summed E-state index contributed by atoms with van der Waals surface area (Å²) in [6.07, 6.45) is 4.11. The zero-order chi connectivity index (χ0) is 10.7. The van der Waals surface area contributed by atoms with Crippen molar-refractivity contribution in [2.24, 2.45) is 0 Å². The largest absolute Gasteiger partial charge is 0.243 e. The third-order valence-electron chi connectivity index (χ3n) is 2.01. The smallest absolute Gasteiger partial charge is 0.243 e. The van der Waals surface area contributed by atoms with E-state index in [1.54, 1.807) is 24.3 Å². The first-order valence-corrected chi connectivity index (χ1v) is 6.12. The minimum absolute atomic E-state index is 0.000972. The molecule has 0 saturated heterocycles. The van der Waals surface area contributed by atoms with Gasteiger partial charge in [0, 0.05) is 6.20 Å². The van der Waals surface area contributed by atoms with Gasteiger partial charge in [0.1, 0.15) is 0 Å². The number of benzene rings is 1. The summed E-state index contributed by atoms with van der Waals surface area (Å²) in [5.74, 6) is -0.000972. The molecule has 3 nitrogen and oxygen atoms in total. The normalized spacial score (nSPS) is 11.5. The Morgan fingerprint density at radius 2 is 1.87 bits per heavy atom. The van der Waals surface area contributed by atoms with Crippen LogP contribution in [0.5, 0.6) is 0 Å². The molecule has 0 unspecified atom stereocenters. The average Bonchev–Trinajstić information content (AvgIpc) is 2.71. The van der Waals surface area contributed by atoms with E-state index in [4.69, 9.17) is 0 Å². The summed E-state index contributed by atoms with van der Waals surface area (Å²) in [7, 11) is -3.31. The lowest BCUT2D eigenvalue weighted by Crippen LogP contribution is -2.13. The zero-order valence-electron chi connectivity index (χ0n) is 8.00. The Morgan fingerprint density at radius 1 is 1.13 bits per heavy atom. The molecule has 1 radical (unpaired) electrons. The Kier molecular flexibility index (Phi) is 2.60. The molecular formula is C11H10NO2S. The van der Waals surface area contributed by atoms with E-state index in [1.165, 1.54) is 6.20 Å². The molecule has 1 aromatic heterocycles. The molecule has 0 aliphatic carbocycles. The van der Waals surface area contributed by atoms with E-state index in [1.807, 2.05) is 18.2 Å². The van der Waals surface area contributed by atoms with E-state index in [2.05, 4.69) is 6.20 Å². The third kappa shape index (κ3) is 2.27. The summed E-state index contributed by atoms with van der Waals surface area (Å²) >= 11 is 0. The third-order valence-corrected chi connectivity index (χ3v) is 3.54. The molecule has 0 N–H and O–H groups in total. The molecular weight excluding hydrogens is 210 g/mol. The highest BCUT2D eigenvalue weighted by molar-refractivity contribution is 7.89. The second-order valence-corrected chi connectivity index (χ2v) is 5.02. The lowest BCUT2D eigenvalue weighted by Gasteiger charge is -2.04. The minimum Gasteiger partial charge on any atom is -0.243 e. The van der Waals surface area contributed by atoms with Gasteiger partial charge in [0.2, 0.25) is 10.0 Å². The lowest BCUT2D eigenvalue weighted by molar-refractivity contribution is 0.586. The van der Waals surface area contributed by atoms with Crippen LogP contribution in [0.25, 0.3) is 0 Å². The van der Waals surface area contributed by atoms with E-state index in [-0.39, 0.29) is 5.75 Å². The van der Waals surface area contributed by atoms with E-state index in [0.717, 1.165) is 9.54 Å². The maximum atomic E-state index is 11.8. The van der Waals surface area contributed by atoms with Gasteiger partial charge in [-0.25, -0.2) is 12.4 Å². The van der Waals surface area contributed by atoms with Crippen LogP contribution in [0, 0.1) is 6.20 Å². The van der Waals surface area contributed by atoms with E-state index >= 15 is 0 Å². The Bertz CT molecular complexity index is 515. The first-order chi connectivity index (χ1) is 7.18. The van der Waals surface area contributed by atoms with Gasteiger partial charge >= 0.3 is 0 Å². The molecule has 77 valence electrons. The first-order valence-electron chi connectivity index (χ1n) is 4.51. The minimum atomic E-state index is -3.31. The van der Waals surface area contributed by atoms with Crippen LogP contribution in [0.1, 0.15) is 5.56 Å². The predicted octanol–water partition coefficient (Wildman–Crippen LogP) is 1.67. The van der Waals surface area contributed by atoms with Gasteiger partial charge in [0.15, 0.2) is 0 Å². The molecule has 1 heterocycles. The molecule has 15 heavy (non-hydrogen) atoms. The van der Waals surface area contributed by atoms with Crippen LogP contribution in [-0.2, 0) is 15.8 Å². The molecule has 2 rings (SSSR count). The molecule has 0 fully saturated rings. The SMILES string of the molecule is O=S(=O)(Cc1ccccc1)n1[c]ccc1. The summed E-state index contributed by atoms with van der Waals surface area (Å²) in [5, 5.41) is 0. The van der Waals surface area contributed by atoms with Crippen LogP contribution in [0.15, 0.2) is 48.7 Å². The number of nitrogens with zero attached hydrogens (tertiary/aromatic N) is 1. The van der Waals surface area contributed by atoms with Gasteiger partial charge in [0.05, 0.1) is 11.9 Å². The molecule has 4 heteroatoms. The van der Waals surface area contributed by atoms with Gasteiger partial charge in [0.25, 0.3) is 0 Å². The molecule has 0 aliphatic rings. The molecule has 2 aromatic rings. The van der Waals surface area contributed by atoms with Crippen molar-refractivity contribution in [3.63, 3.8) is 0 Å². The Hall–Kier alpha value is -1.55. The quantitative estimate of drug-likeness (QED) is 0.789. The monoisotopic (exact) mass is 220 g/mol. The molecule has 0 aliphatic heterocycles. The summed E-state index contributed by atoms with van der Waals surface area (Å²) in [4.78, 5) is 0. The number of aromatic nitrogens is 1. The highest BCUT2D eigenvalue weighted by Crippen LogP contribution is 2.08. The zero-order valence-corrected chi connectivity index (χ0v) is 8.81. The van der Waals surface area contributed by atoms with Gasteiger partial charge in [-0.05, 0) is 17.7 Å². The summed E-state index contributed by atoms with van der Waals surface area (Å²) in [6, 6.07) is 12.3. The summed E-state index contributed by atoms with van der Waals surface area (Å²) in [6.45, 7) is 0. The van der Waals surface area contributed by atoms with Crippen molar-refractivity contribution in [2.45, 2.75) is 5.75 Å². The van der Waals surface area contributed by atoms with Gasteiger partial charge in [-0.3, -0.25) is 0 Å². The number of rotatable bonds is 3. The molecule has 0 bridgehead atoms. The lowest BCUT2D eigenvalue weighted by atomic mass is 10.2. The van der Waals surface area contributed by atoms with Crippen molar-refractivity contribution < 1.29 is 8.42 Å². The molecule has 1 aromatic carbocycles. The fourth-order valence-corrected chi connectivity index (χ4v) is 2.54. The van der Waals surface area contributed by atoms with Crippen molar-refractivity contribution in [3.8, 4) is 0 Å². The highest BCUT2D eigenvalue weighted by Gasteiger charge is 2.12. The first kappa shape index (κ1) is 9.98. The van der Waals surface area contributed by atoms with Crippen LogP contribution in [0.2, 0.25) is 0 Å². The Balaban J connectivity index is 2.27. The van der Waals surface area contributed by atoms with Crippen molar-refractivity contribution >= 4 is 10.0 Å². The number of hydrogen-bond donors (Lipinski definition) is 0. The maximum absolute atomic E-state index is 11.8. The highest BCUT2D eigenvalue weighted by atomic mass is 32.2. The second-order valence-electron chi connectivity index (χ2n) is 3.17. The van der Waals surface area contributed by atoms with Crippen molar-refractivity contribution in [2.75, 3.05) is 0 Å². The van der Waals surface area contributed by atoms with Crippen molar-refractivity contribution in [1.82, 2.24) is 3.97 Å². The van der Waals surface area contributed by atoms with Crippen molar-refractivity contribution in [1.29, 1.82) is 0 Å². The van der Waals surface area contributed by atoms with Crippen LogP contribution in [0.4, 0.5) is 0 Å². The predicted molar refractivity (Wildman–Crippen MR) is 57.7 cm³/mol. The molecule has 0 spiro atoms. The van der Waals surface area contributed by atoms with Gasteiger partial charge in [-0.15, -0.1) is 0 Å². The molecule has 0 saturated carbocycles. The van der Waals surface area contributed by atoms with Crippen LogP contribution >= 0.6 is 0 Å². The topological polar surface area (TPSA) is 39.1 Å². The fraction of sp³-hybridized carbons (Fsp3) is 0.0909. The second kappa shape index (κ2) is 3.90. The summed E-state index contributed by atoms with van der Waals surface area (Å²) < 4.78 is 24.7. The van der Waals surface area contributed by atoms with Crippen molar-refractivity contribution in [3.05, 3.63) is 60.4 Å². The Morgan fingerprint density at radius 3 is 2.47 bits per heavy atom. The summed E-state index contributed by atoms with van der Waals surface area (Å²) in [5.41, 5.74) is 0.777. The average molecular weight is 220 g/mol. The van der Waals surface area contributed by atoms with Crippen LogP contribution in [-0.4, -0.2) is 12.4 Å². The fourth-order valence-electron chi connectivity index (χ4n) is 1.31. The van der Waals surface area contributed by atoms with E-state index in [0.29, 0.717) is 0 Å². The Labute approximate surface area is 89.0 Å². The van der Waals surface area contributed by atoms with Gasteiger partial charge in [-0.1, -0.05) is 30.3 Å².